The maximum atomic E-state index is 13.0. The number of allylic oxidation sites excluding steroid dienone is 4. The van der Waals surface area contributed by atoms with Crippen molar-refractivity contribution in [2.75, 3.05) is 0 Å². The summed E-state index contributed by atoms with van der Waals surface area (Å²) in [4.78, 5) is 57.1. The number of alkyl halides is 2. The minimum atomic E-state index is -1.70. The summed E-state index contributed by atoms with van der Waals surface area (Å²) in [5.41, 5.74) is 0.332. The van der Waals surface area contributed by atoms with E-state index < -0.39 is 45.1 Å². The summed E-state index contributed by atoms with van der Waals surface area (Å²) < 4.78 is 0. The Hall–Kier alpha value is -2.58. The van der Waals surface area contributed by atoms with E-state index in [1.165, 1.54) is 60.7 Å². The highest BCUT2D eigenvalue weighted by molar-refractivity contribution is 6.46. The molecule has 4 atom stereocenters. The third-order valence-electron chi connectivity index (χ3n) is 6.00. The van der Waals surface area contributed by atoms with E-state index in [9.17, 15) is 19.2 Å². The Morgan fingerprint density at radius 2 is 0.950 bits per heavy atom. The Morgan fingerprint density at radius 1 is 0.600 bits per heavy atom. The second-order valence-corrected chi connectivity index (χ2v) is 11.6. The van der Waals surface area contributed by atoms with Gasteiger partial charge in [-0.05, 0) is 36.4 Å². The van der Waals surface area contributed by atoms with E-state index in [0.29, 0.717) is 0 Å². The molecule has 0 aromatic heterocycles. The van der Waals surface area contributed by atoms with Gasteiger partial charge in [-0.1, -0.05) is 95.0 Å². The lowest BCUT2D eigenvalue weighted by Gasteiger charge is -2.25. The summed E-state index contributed by atoms with van der Waals surface area (Å²) in [6.45, 7) is 0. The molecule has 0 aliphatic heterocycles. The quantitative estimate of drug-likeness (QED) is 0.104. The number of carbonyl (C=O) groups is 4. The normalized spacial score (nSPS) is 25.4. The van der Waals surface area contributed by atoms with Crippen LogP contribution in [0.2, 0.25) is 10.0 Å². The Morgan fingerprint density at radius 3 is 1.27 bits per heavy atom. The van der Waals surface area contributed by atoms with Gasteiger partial charge in [0.2, 0.25) is 0 Å². The van der Waals surface area contributed by atoms with Gasteiger partial charge in [0.1, 0.15) is 21.6 Å². The van der Waals surface area contributed by atoms with Crippen LogP contribution in [-0.2, 0) is 19.4 Å². The number of hydrogen-bond donors (Lipinski definition) is 0. The lowest BCUT2D eigenvalue weighted by molar-refractivity contribution is -0.261. The smallest absolute Gasteiger partial charge is 0.291 e. The van der Waals surface area contributed by atoms with Crippen LogP contribution in [-0.4, -0.2) is 33.3 Å². The van der Waals surface area contributed by atoms with Crippen LogP contribution in [0.4, 0.5) is 0 Å². The number of benzene rings is 2. The molecule has 2 aromatic rings. The van der Waals surface area contributed by atoms with Crippen molar-refractivity contribution in [3.8, 4) is 0 Å². The van der Waals surface area contributed by atoms with Gasteiger partial charge in [0.05, 0.1) is 10.0 Å². The second kappa shape index (κ2) is 12.1. The van der Waals surface area contributed by atoms with E-state index in [4.69, 9.17) is 69.6 Å². The fraction of sp³-hybridized carbons (Fsp3) is 0.143. The third-order valence-corrected chi connectivity index (χ3v) is 8.16. The minimum Gasteiger partial charge on any atom is -0.291 e. The molecule has 0 saturated carbocycles. The Bertz CT molecular complexity index is 1420. The molecule has 2 aromatic carbocycles. The first-order valence-electron chi connectivity index (χ1n) is 11.4. The van der Waals surface area contributed by atoms with E-state index in [1.54, 1.807) is 24.3 Å². The van der Waals surface area contributed by atoms with Gasteiger partial charge in [-0.15, -0.1) is 23.2 Å². The fourth-order valence-electron chi connectivity index (χ4n) is 3.89. The van der Waals surface area contributed by atoms with E-state index in [1.807, 2.05) is 0 Å². The van der Waals surface area contributed by atoms with Gasteiger partial charge in [-0.3, -0.25) is 9.59 Å². The van der Waals surface area contributed by atoms with Crippen LogP contribution in [0.1, 0.15) is 20.7 Å². The van der Waals surface area contributed by atoms with E-state index >= 15 is 0 Å². The zero-order valence-corrected chi connectivity index (χ0v) is 24.5. The van der Waals surface area contributed by atoms with Crippen LogP contribution in [0.15, 0.2) is 95.1 Å². The molecule has 6 nitrogen and oxygen atoms in total. The van der Waals surface area contributed by atoms with Gasteiger partial charge in [0, 0.05) is 21.2 Å². The molecule has 4 rings (SSSR count). The molecule has 0 bridgehead atoms. The molecule has 0 heterocycles. The third kappa shape index (κ3) is 6.18. The number of ketones is 2. The molecule has 0 spiro atoms. The molecule has 0 N–H and O–H groups in total. The summed E-state index contributed by atoms with van der Waals surface area (Å²) in [6.07, 6.45) is 7.37. The van der Waals surface area contributed by atoms with Gasteiger partial charge in [-0.2, -0.15) is 0 Å². The predicted molar refractivity (Wildman–Crippen MR) is 154 cm³/mol. The molecule has 4 unspecified atom stereocenters. The van der Waals surface area contributed by atoms with Crippen LogP contribution in [0.3, 0.4) is 0 Å². The molecule has 0 saturated heterocycles. The Kier molecular flexibility index (Phi) is 9.20. The summed E-state index contributed by atoms with van der Waals surface area (Å²) in [7, 11) is 0. The van der Waals surface area contributed by atoms with Crippen molar-refractivity contribution in [2.45, 2.75) is 9.75 Å². The van der Waals surface area contributed by atoms with Gasteiger partial charge in [-0.25, -0.2) is 19.4 Å². The number of rotatable bonds is 6. The van der Waals surface area contributed by atoms with E-state index in [2.05, 4.69) is 9.78 Å². The summed E-state index contributed by atoms with van der Waals surface area (Å²) in [5.74, 6) is -5.65. The van der Waals surface area contributed by atoms with Crippen molar-refractivity contribution in [3.05, 3.63) is 116 Å². The van der Waals surface area contributed by atoms with Gasteiger partial charge in [0.15, 0.2) is 11.6 Å². The number of Topliss-reactive ketones (excluding diaryl/α,β-unsaturated/α-hetero) is 2. The van der Waals surface area contributed by atoms with Crippen molar-refractivity contribution in [2.24, 2.45) is 11.8 Å². The highest BCUT2D eigenvalue weighted by Gasteiger charge is 2.41. The number of hydrogen-bond acceptors (Lipinski definition) is 6. The van der Waals surface area contributed by atoms with Crippen LogP contribution in [0.25, 0.3) is 0 Å². The highest BCUT2D eigenvalue weighted by Crippen LogP contribution is 2.38. The highest BCUT2D eigenvalue weighted by atomic mass is 35.5. The standard InChI is InChI=1S/C28H16Cl6O6/c29-19-7-3-1-5-15(19)23(35)27(33)11-9-17(21(31)13-27)25(37)39-40-26(38)18-10-12-28(34,14-22(18)32)24(36)16-6-2-4-8-20(16)30/h1-14,17-18H. The zero-order valence-electron chi connectivity index (χ0n) is 20.0. The SMILES string of the molecule is O=C(OOC(=O)C1C=CC(Cl)(C(=O)c2ccccc2Cl)C=C1Cl)C1C=CC(Cl)(C(=O)c2ccccc2Cl)C=C1Cl. The van der Waals surface area contributed by atoms with Crippen LogP contribution in [0, 0.1) is 11.8 Å². The van der Waals surface area contributed by atoms with Crippen molar-refractivity contribution < 1.29 is 29.0 Å². The molecular weight excluding hydrogens is 645 g/mol. The molecule has 206 valence electrons. The van der Waals surface area contributed by atoms with E-state index in [0.717, 1.165) is 0 Å². The van der Waals surface area contributed by atoms with Crippen molar-refractivity contribution in [3.63, 3.8) is 0 Å². The topological polar surface area (TPSA) is 86.7 Å². The molecule has 0 amide bonds. The Balaban J connectivity index is 1.39. The summed E-state index contributed by atoms with van der Waals surface area (Å²) in [6, 6.07) is 12.6. The summed E-state index contributed by atoms with van der Waals surface area (Å²) >= 11 is 37.6. The van der Waals surface area contributed by atoms with Gasteiger partial charge in [0.25, 0.3) is 0 Å². The second-order valence-electron chi connectivity index (χ2n) is 8.69. The van der Waals surface area contributed by atoms with Crippen molar-refractivity contribution in [1.82, 2.24) is 0 Å². The minimum absolute atomic E-state index is 0.139. The molecule has 0 radical (unpaired) electrons. The van der Waals surface area contributed by atoms with Crippen LogP contribution < -0.4 is 0 Å². The maximum absolute atomic E-state index is 13.0. The van der Waals surface area contributed by atoms with Gasteiger partial charge >= 0.3 is 11.9 Å². The largest absolute Gasteiger partial charge is 0.367 e. The van der Waals surface area contributed by atoms with Crippen molar-refractivity contribution >= 4 is 93.1 Å². The molecular formula is C28H16Cl6O6. The fourth-order valence-corrected chi connectivity index (χ4v) is 5.69. The average molecular weight is 661 g/mol. The predicted octanol–water partition coefficient (Wildman–Crippen LogP) is 7.63. The van der Waals surface area contributed by atoms with Crippen LogP contribution in [0.5, 0.6) is 0 Å². The first kappa shape index (κ1) is 30.4. The lowest BCUT2D eigenvalue weighted by atomic mass is 9.89. The molecule has 2 aliphatic rings. The first-order valence-corrected chi connectivity index (χ1v) is 13.7. The monoisotopic (exact) mass is 658 g/mol. The maximum Gasteiger partial charge on any atom is 0.367 e. The first-order chi connectivity index (χ1) is 18.9. The van der Waals surface area contributed by atoms with Gasteiger partial charge < -0.3 is 0 Å². The van der Waals surface area contributed by atoms with E-state index in [-0.39, 0.29) is 31.2 Å². The average Bonchev–Trinajstić information content (AvgIpc) is 2.91. The number of carbonyl (C=O) groups excluding carboxylic acids is 4. The van der Waals surface area contributed by atoms with Crippen molar-refractivity contribution in [1.29, 1.82) is 0 Å². The lowest BCUT2D eigenvalue weighted by Crippen LogP contribution is -2.34. The molecule has 2 aliphatic carbocycles. The number of halogens is 6. The molecule has 0 fully saturated rings. The molecule has 12 heteroatoms. The van der Waals surface area contributed by atoms with Crippen LogP contribution >= 0.6 is 69.6 Å². The molecule has 40 heavy (non-hydrogen) atoms. The summed E-state index contributed by atoms with van der Waals surface area (Å²) in [5, 5.41) is 0.116. The zero-order chi connectivity index (χ0) is 29.2. The Labute approximate surface area is 258 Å².